The number of halogens is 2. The molecule has 0 atom stereocenters. The van der Waals surface area contributed by atoms with Crippen molar-refractivity contribution in [2.75, 3.05) is 7.11 Å². The van der Waals surface area contributed by atoms with Gasteiger partial charge in [0.2, 0.25) is 0 Å². The summed E-state index contributed by atoms with van der Waals surface area (Å²) in [6, 6.07) is 0.932. The van der Waals surface area contributed by atoms with Gasteiger partial charge in [-0.1, -0.05) is 0 Å². The lowest BCUT2D eigenvalue weighted by Gasteiger charge is -2.09. The zero-order valence-corrected chi connectivity index (χ0v) is 8.12. The molecule has 0 radical (unpaired) electrons. The average molecular weight is 217 g/mol. The molecule has 4 nitrogen and oxygen atoms in total. The van der Waals surface area contributed by atoms with Crippen LogP contribution < -0.4 is 4.74 Å². The van der Waals surface area contributed by atoms with E-state index in [1.807, 2.05) is 0 Å². The third kappa shape index (κ3) is 2.20. The van der Waals surface area contributed by atoms with Crippen molar-refractivity contribution in [1.29, 1.82) is 0 Å². The molecule has 0 amide bonds. The molecule has 6 heteroatoms. The first kappa shape index (κ1) is 11.4. The summed E-state index contributed by atoms with van der Waals surface area (Å²) in [6.07, 6.45) is -2.75. The maximum atomic E-state index is 12.3. The second kappa shape index (κ2) is 4.20. The maximum absolute atomic E-state index is 12.3. The Balaban J connectivity index is 3.37. The molecule has 0 spiro atoms. The number of ether oxygens (including phenoxy) is 1. The second-order valence-electron chi connectivity index (χ2n) is 2.82. The van der Waals surface area contributed by atoms with Gasteiger partial charge in [-0.2, -0.15) is 0 Å². The number of rotatable bonds is 3. The minimum Gasteiger partial charge on any atom is -0.496 e. The number of hydrogen-bond acceptors (Lipinski definition) is 3. The van der Waals surface area contributed by atoms with Gasteiger partial charge in [0, 0.05) is 6.07 Å². The fourth-order valence-electron chi connectivity index (χ4n) is 1.20. The van der Waals surface area contributed by atoms with Crippen molar-refractivity contribution < 1.29 is 23.4 Å². The van der Waals surface area contributed by atoms with Crippen molar-refractivity contribution in [3.8, 4) is 5.75 Å². The summed E-state index contributed by atoms with van der Waals surface area (Å²) in [7, 11) is 1.22. The number of aryl methyl sites for hydroxylation is 1. The Morgan fingerprint density at radius 2 is 2.20 bits per heavy atom. The Kier molecular flexibility index (Phi) is 3.18. The molecular formula is C9H9F2NO3. The summed E-state index contributed by atoms with van der Waals surface area (Å²) in [4.78, 5) is 14.3. The first-order chi connectivity index (χ1) is 6.97. The fraction of sp³-hybridized carbons (Fsp3) is 0.333. The minimum absolute atomic E-state index is 0.0113. The van der Waals surface area contributed by atoms with E-state index in [0.29, 0.717) is 0 Å². The third-order valence-electron chi connectivity index (χ3n) is 1.84. The molecule has 0 aliphatic rings. The molecule has 0 aliphatic carbocycles. The van der Waals surface area contributed by atoms with Gasteiger partial charge in [0.1, 0.15) is 17.0 Å². The molecular weight excluding hydrogens is 208 g/mol. The molecule has 0 bridgehead atoms. The quantitative estimate of drug-likeness (QED) is 0.841. The molecule has 0 fully saturated rings. The topological polar surface area (TPSA) is 59.4 Å². The third-order valence-corrected chi connectivity index (χ3v) is 1.84. The summed E-state index contributed by atoms with van der Waals surface area (Å²) in [5.41, 5.74) is -0.673. The normalized spacial score (nSPS) is 10.5. The molecule has 0 saturated heterocycles. The molecule has 1 N–H and O–H groups in total. The number of aromatic carboxylic acids is 1. The van der Waals surface area contributed by atoms with Crippen LogP contribution >= 0.6 is 0 Å². The summed E-state index contributed by atoms with van der Waals surface area (Å²) in [5.74, 6) is -1.36. The lowest BCUT2D eigenvalue weighted by molar-refractivity contribution is 0.0691. The van der Waals surface area contributed by atoms with Gasteiger partial charge in [0.05, 0.1) is 12.8 Å². The highest BCUT2D eigenvalue weighted by atomic mass is 19.3. The van der Waals surface area contributed by atoms with Gasteiger partial charge in [0.25, 0.3) is 6.43 Å². The first-order valence-corrected chi connectivity index (χ1v) is 4.04. The number of carboxylic acids is 1. The maximum Gasteiger partial charge on any atom is 0.341 e. The zero-order chi connectivity index (χ0) is 11.6. The molecule has 0 unspecified atom stereocenters. The molecule has 0 aromatic carbocycles. The Labute approximate surface area is 84.5 Å². The number of hydrogen-bond donors (Lipinski definition) is 1. The summed E-state index contributed by atoms with van der Waals surface area (Å²) < 4.78 is 29.4. The highest BCUT2D eigenvalue weighted by Gasteiger charge is 2.20. The van der Waals surface area contributed by atoms with Crippen molar-refractivity contribution in [2.45, 2.75) is 13.3 Å². The highest BCUT2D eigenvalue weighted by Crippen LogP contribution is 2.26. The average Bonchev–Trinajstić information content (AvgIpc) is 2.15. The van der Waals surface area contributed by atoms with Crippen LogP contribution in [0.1, 0.15) is 28.2 Å². The summed E-state index contributed by atoms with van der Waals surface area (Å²) in [5, 5.41) is 8.80. The number of alkyl halides is 2. The van der Waals surface area contributed by atoms with Crippen molar-refractivity contribution in [2.24, 2.45) is 0 Å². The van der Waals surface area contributed by atoms with E-state index < -0.39 is 18.1 Å². The van der Waals surface area contributed by atoms with Crippen LogP contribution in [0, 0.1) is 6.92 Å². The molecule has 1 aromatic rings. The predicted octanol–water partition coefficient (Wildman–Crippen LogP) is 2.03. The molecule has 82 valence electrons. The number of methoxy groups -OCH3 is 1. The van der Waals surface area contributed by atoms with E-state index in [1.165, 1.54) is 14.0 Å². The van der Waals surface area contributed by atoms with Crippen LogP contribution in [0.3, 0.4) is 0 Å². The SMILES string of the molecule is COc1cc(C(F)F)nc(C)c1C(=O)O. The van der Waals surface area contributed by atoms with Gasteiger partial charge in [-0.3, -0.25) is 4.98 Å². The van der Waals surface area contributed by atoms with Crippen LogP contribution in [-0.2, 0) is 0 Å². The second-order valence-corrected chi connectivity index (χ2v) is 2.82. The van der Waals surface area contributed by atoms with E-state index in [2.05, 4.69) is 4.98 Å². The Morgan fingerprint density at radius 3 is 2.60 bits per heavy atom. The minimum atomic E-state index is -2.75. The molecule has 1 rings (SSSR count). The van der Waals surface area contributed by atoms with Crippen molar-refractivity contribution in [1.82, 2.24) is 4.98 Å². The van der Waals surface area contributed by atoms with Crippen molar-refractivity contribution in [3.63, 3.8) is 0 Å². The number of nitrogens with zero attached hydrogens (tertiary/aromatic N) is 1. The lowest BCUT2D eigenvalue weighted by atomic mass is 10.1. The number of aromatic nitrogens is 1. The molecule has 0 saturated carbocycles. The van der Waals surface area contributed by atoms with Gasteiger partial charge in [-0.05, 0) is 6.92 Å². The van der Waals surface area contributed by atoms with Gasteiger partial charge in [-0.15, -0.1) is 0 Å². The summed E-state index contributed by atoms with van der Waals surface area (Å²) in [6.45, 7) is 1.35. The van der Waals surface area contributed by atoms with Crippen LogP contribution in [0.4, 0.5) is 8.78 Å². The van der Waals surface area contributed by atoms with E-state index in [0.717, 1.165) is 6.07 Å². The van der Waals surface area contributed by atoms with Crippen molar-refractivity contribution in [3.05, 3.63) is 23.0 Å². The lowest BCUT2D eigenvalue weighted by Crippen LogP contribution is -2.07. The number of pyridine rings is 1. The molecule has 0 aliphatic heterocycles. The van der Waals surface area contributed by atoms with E-state index in [1.54, 1.807) is 0 Å². The molecule has 1 aromatic heterocycles. The van der Waals surface area contributed by atoms with Crippen LogP contribution in [0.5, 0.6) is 5.75 Å². The number of carboxylic acid groups (broad SMARTS) is 1. The highest BCUT2D eigenvalue weighted by molar-refractivity contribution is 5.92. The van der Waals surface area contributed by atoms with E-state index >= 15 is 0 Å². The molecule has 15 heavy (non-hydrogen) atoms. The first-order valence-electron chi connectivity index (χ1n) is 4.04. The summed E-state index contributed by atoms with van der Waals surface area (Å²) >= 11 is 0. The molecule has 1 heterocycles. The standard InChI is InChI=1S/C9H9F2NO3/c1-4-7(9(13)14)6(15-2)3-5(12-4)8(10)11/h3,8H,1-2H3,(H,13,14). The van der Waals surface area contributed by atoms with Gasteiger partial charge >= 0.3 is 5.97 Å². The van der Waals surface area contributed by atoms with Crippen LogP contribution in [0.15, 0.2) is 6.07 Å². The Morgan fingerprint density at radius 1 is 1.60 bits per heavy atom. The largest absolute Gasteiger partial charge is 0.496 e. The van der Waals surface area contributed by atoms with Gasteiger partial charge < -0.3 is 9.84 Å². The van der Waals surface area contributed by atoms with Gasteiger partial charge in [0.15, 0.2) is 0 Å². The predicted molar refractivity (Wildman–Crippen MR) is 47.4 cm³/mol. The van der Waals surface area contributed by atoms with E-state index in [9.17, 15) is 13.6 Å². The van der Waals surface area contributed by atoms with Crippen molar-refractivity contribution >= 4 is 5.97 Å². The number of carbonyl (C=O) groups is 1. The van der Waals surface area contributed by atoms with Gasteiger partial charge in [-0.25, -0.2) is 13.6 Å². The van der Waals surface area contributed by atoms with Crippen LogP contribution in [-0.4, -0.2) is 23.2 Å². The van der Waals surface area contributed by atoms with E-state index in [-0.39, 0.29) is 17.0 Å². The van der Waals surface area contributed by atoms with E-state index in [4.69, 9.17) is 9.84 Å². The smallest absolute Gasteiger partial charge is 0.341 e. The Bertz CT molecular complexity index is 393. The fourth-order valence-corrected chi connectivity index (χ4v) is 1.20. The zero-order valence-electron chi connectivity index (χ0n) is 8.12. The van der Waals surface area contributed by atoms with Crippen LogP contribution in [0.25, 0.3) is 0 Å². The monoisotopic (exact) mass is 217 g/mol. The van der Waals surface area contributed by atoms with Crippen LogP contribution in [0.2, 0.25) is 0 Å². The Hall–Kier alpha value is -1.72.